The van der Waals surface area contributed by atoms with Gasteiger partial charge in [-0.3, -0.25) is 9.36 Å². The Morgan fingerprint density at radius 2 is 2.26 bits per heavy atom. The number of aryl methyl sites for hydroxylation is 1. The second-order valence-corrected chi connectivity index (χ2v) is 5.05. The maximum atomic E-state index is 11.9. The minimum atomic E-state index is -0.974. The van der Waals surface area contributed by atoms with Crippen LogP contribution in [0.1, 0.15) is 20.2 Å². The zero-order valence-corrected chi connectivity index (χ0v) is 11.2. The molecule has 0 amide bonds. The summed E-state index contributed by atoms with van der Waals surface area (Å²) in [6.45, 7) is 1.95. The molecule has 0 saturated heterocycles. The van der Waals surface area contributed by atoms with E-state index < -0.39 is 5.97 Å². The van der Waals surface area contributed by atoms with E-state index in [1.165, 1.54) is 23.8 Å². The number of ether oxygens (including phenoxy) is 1. The van der Waals surface area contributed by atoms with Crippen LogP contribution in [0.5, 0.6) is 6.01 Å². The molecule has 1 N–H and O–H groups in total. The van der Waals surface area contributed by atoms with Crippen LogP contribution in [0.3, 0.4) is 0 Å². The molecule has 2 aromatic heterocycles. The molecule has 0 bridgehead atoms. The van der Waals surface area contributed by atoms with Crippen molar-refractivity contribution in [3.8, 4) is 6.01 Å². The highest BCUT2D eigenvalue weighted by atomic mass is 32.1. The molecule has 7 heteroatoms. The van der Waals surface area contributed by atoms with Crippen LogP contribution in [0, 0.1) is 6.92 Å². The Bertz CT molecular complexity index is 675. The van der Waals surface area contributed by atoms with E-state index in [1.807, 2.05) is 0 Å². The Morgan fingerprint density at radius 3 is 2.84 bits per heavy atom. The van der Waals surface area contributed by atoms with Gasteiger partial charge in [-0.25, -0.2) is 9.78 Å². The number of methoxy groups -OCH3 is 1. The van der Waals surface area contributed by atoms with Gasteiger partial charge in [0.05, 0.1) is 13.7 Å². The Morgan fingerprint density at radius 1 is 1.53 bits per heavy atom. The average molecular weight is 280 g/mol. The van der Waals surface area contributed by atoms with Crippen molar-refractivity contribution >= 4 is 17.3 Å². The molecule has 19 heavy (non-hydrogen) atoms. The summed E-state index contributed by atoms with van der Waals surface area (Å²) in [7, 11) is 1.44. The van der Waals surface area contributed by atoms with Gasteiger partial charge in [0.2, 0.25) is 0 Å². The summed E-state index contributed by atoms with van der Waals surface area (Å²) in [6, 6.07) is 4.82. The zero-order valence-electron chi connectivity index (χ0n) is 10.4. The highest BCUT2D eigenvalue weighted by Crippen LogP contribution is 2.18. The van der Waals surface area contributed by atoms with E-state index in [4.69, 9.17) is 9.84 Å². The standard InChI is InChI=1S/C12H12N2O4S/c1-7-5-10(15)14(12(13-7)18-2)6-8-3-4-9(19-8)11(16)17/h3-5H,6H2,1-2H3,(H,16,17). The van der Waals surface area contributed by atoms with Crippen molar-refractivity contribution in [1.82, 2.24) is 9.55 Å². The predicted octanol–water partition coefficient (Wildman–Crippen LogP) is 1.37. The van der Waals surface area contributed by atoms with Crippen LogP contribution in [-0.4, -0.2) is 27.7 Å². The molecule has 0 saturated carbocycles. The Kier molecular flexibility index (Phi) is 3.66. The van der Waals surface area contributed by atoms with Crippen LogP contribution < -0.4 is 10.3 Å². The van der Waals surface area contributed by atoms with E-state index in [1.54, 1.807) is 13.0 Å². The maximum absolute atomic E-state index is 11.9. The van der Waals surface area contributed by atoms with Crippen molar-refractivity contribution in [2.75, 3.05) is 7.11 Å². The molecule has 0 atom stereocenters. The van der Waals surface area contributed by atoms with Gasteiger partial charge in [-0.1, -0.05) is 0 Å². The molecule has 2 rings (SSSR count). The molecule has 0 aliphatic carbocycles. The third kappa shape index (κ3) is 2.82. The fraction of sp³-hybridized carbons (Fsp3) is 0.250. The number of aromatic carboxylic acids is 1. The lowest BCUT2D eigenvalue weighted by Crippen LogP contribution is -2.22. The SMILES string of the molecule is COc1nc(C)cc(=O)n1Cc1ccc(C(=O)O)s1. The minimum absolute atomic E-state index is 0.218. The van der Waals surface area contributed by atoms with Gasteiger partial charge in [-0.15, -0.1) is 11.3 Å². The highest BCUT2D eigenvalue weighted by molar-refractivity contribution is 7.13. The van der Waals surface area contributed by atoms with Crippen LogP contribution >= 0.6 is 11.3 Å². The third-order valence-electron chi connectivity index (χ3n) is 2.47. The molecule has 0 aliphatic heterocycles. The van der Waals surface area contributed by atoms with Crippen LogP contribution in [0.2, 0.25) is 0 Å². The van der Waals surface area contributed by atoms with E-state index in [9.17, 15) is 9.59 Å². The van der Waals surface area contributed by atoms with E-state index in [0.717, 1.165) is 16.2 Å². The lowest BCUT2D eigenvalue weighted by molar-refractivity contribution is 0.0702. The number of carboxylic acid groups (broad SMARTS) is 1. The number of hydrogen-bond donors (Lipinski definition) is 1. The molecular formula is C12H12N2O4S. The first-order valence-electron chi connectivity index (χ1n) is 5.45. The topological polar surface area (TPSA) is 81.4 Å². The van der Waals surface area contributed by atoms with E-state index in [0.29, 0.717) is 5.69 Å². The predicted molar refractivity (Wildman–Crippen MR) is 70.2 cm³/mol. The number of thiophene rings is 1. The first-order valence-corrected chi connectivity index (χ1v) is 6.27. The minimum Gasteiger partial charge on any atom is -0.477 e. The van der Waals surface area contributed by atoms with E-state index in [-0.39, 0.29) is 23.0 Å². The number of hydrogen-bond acceptors (Lipinski definition) is 5. The molecule has 0 fully saturated rings. The smallest absolute Gasteiger partial charge is 0.345 e. The van der Waals surface area contributed by atoms with Crippen molar-refractivity contribution in [2.45, 2.75) is 13.5 Å². The maximum Gasteiger partial charge on any atom is 0.345 e. The van der Waals surface area contributed by atoms with Gasteiger partial charge in [0.1, 0.15) is 4.88 Å². The van der Waals surface area contributed by atoms with Crippen molar-refractivity contribution in [2.24, 2.45) is 0 Å². The molecule has 0 radical (unpaired) electrons. The third-order valence-corrected chi connectivity index (χ3v) is 3.53. The number of rotatable bonds is 4. The Hall–Kier alpha value is -2.15. The zero-order chi connectivity index (χ0) is 14.0. The molecule has 100 valence electrons. The van der Waals surface area contributed by atoms with Crippen LogP contribution in [0.15, 0.2) is 23.0 Å². The van der Waals surface area contributed by atoms with Gasteiger partial charge in [0, 0.05) is 16.6 Å². The summed E-state index contributed by atoms with van der Waals surface area (Å²) < 4.78 is 6.44. The van der Waals surface area contributed by atoms with E-state index in [2.05, 4.69) is 4.98 Å². The van der Waals surface area contributed by atoms with Gasteiger partial charge in [0.25, 0.3) is 11.6 Å². The van der Waals surface area contributed by atoms with Crippen LogP contribution in [0.25, 0.3) is 0 Å². The lowest BCUT2D eigenvalue weighted by Gasteiger charge is -2.09. The molecule has 0 unspecified atom stereocenters. The van der Waals surface area contributed by atoms with Crippen molar-refractivity contribution in [1.29, 1.82) is 0 Å². The molecule has 0 aliphatic rings. The Labute approximate surface area is 112 Å². The fourth-order valence-electron chi connectivity index (χ4n) is 1.63. The summed E-state index contributed by atoms with van der Waals surface area (Å²) in [5.74, 6) is -0.974. The van der Waals surface area contributed by atoms with E-state index >= 15 is 0 Å². The van der Waals surface area contributed by atoms with Crippen LogP contribution in [0.4, 0.5) is 0 Å². The fourth-order valence-corrected chi connectivity index (χ4v) is 2.47. The molecule has 0 spiro atoms. The van der Waals surface area contributed by atoms with Gasteiger partial charge >= 0.3 is 5.97 Å². The highest BCUT2D eigenvalue weighted by Gasteiger charge is 2.11. The van der Waals surface area contributed by atoms with Crippen molar-refractivity contribution < 1.29 is 14.6 Å². The number of carbonyl (C=O) groups is 1. The first-order chi connectivity index (χ1) is 9.01. The summed E-state index contributed by atoms with van der Waals surface area (Å²) in [4.78, 5) is 27.8. The van der Waals surface area contributed by atoms with Gasteiger partial charge < -0.3 is 9.84 Å². The number of carboxylic acids is 1. The summed E-state index contributed by atoms with van der Waals surface area (Å²) in [6.07, 6.45) is 0. The summed E-state index contributed by atoms with van der Waals surface area (Å²) in [5, 5.41) is 8.86. The average Bonchev–Trinajstić information content (AvgIpc) is 2.81. The normalized spacial score (nSPS) is 10.4. The largest absolute Gasteiger partial charge is 0.477 e. The van der Waals surface area contributed by atoms with Crippen LogP contribution in [-0.2, 0) is 6.54 Å². The molecule has 2 aromatic rings. The van der Waals surface area contributed by atoms with Gasteiger partial charge in [-0.05, 0) is 19.1 Å². The number of aromatic nitrogens is 2. The van der Waals surface area contributed by atoms with Crippen molar-refractivity contribution in [3.05, 3.63) is 44.0 Å². The Balaban J connectivity index is 2.37. The molecular weight excluding hydrogens is 268 g/mol. The van der Waals surface area contributed by atoms with Gasteiger partial charge in [0.15, 0.2) is 0 Å². The summed E-state index contributed by atoms with van der Waals surface area (Å²) >= 11 is 1.13. The molecule has 6 nitrogen and oxygen atoms in total. The lowest BCUT2D eigenvalue weighted by atomic mass is 10.4. The molecule has 0 aromatic carbocycles. The first kappa shape index (κ1) is 13.3. The van der Waals surface area contributed by atoms with Crippen molar-refractivity contribution in [3.63, 3.8) is 0 Å². The number of nitrogens with zero attached hydrogens (tertiary/aromatic N) is 2. The monoisotopic (exact) mass is 280 g/mol. The second-order valence-electron chi connectivity index (χ2n) is 3.88. The summed E-state index contributed by atoms with van der Waals surface area (Å²) in [5.41, 5.74) is 0.352. The molecule has 2 heterocycles. The second kappa shape index (κ2) is 5.23. The quantitative estimate of drug-likeness (QED) is 0.914. The van der Waals surface area contributed by atoms with Gasteiger partial charge in [-0.2, -0.15) is 0 Å².